The molecule has 0 aliphatic heterocycles. The summed E-state index contributed by atoms with van der Waals surface area (Å²) in [6.07, 6.45) is 0.667. The Morgan fingerprint density at radius 1 is 1.10 bits per heavy atom. The van der Waals surface area contributed by atoms with E-state index in [1.54, 1.807) is 24.3 Å². The third-order valence-electron chi connectivity index (χ3n) is 4.60. The molecule has 0 spiro atoms. The molecule has 3 rings (SSSR count). The predicted octanol–water partition coefficient (Wildman–Crippen LogP) is 3.63. The highest BCUT2D eigenvalue weighted by Crippen LogP contribution is 2.21. The molecule has 1 heterocycles. The average molecular weight is 392 g/mol. The normalized spacial score (nSPS) is 10.6. The van der Waals surface area contributed by atoms with Gasteiger partial charge in [-0.3, -0.25) is 4.79 Å². The molecule has 2 aromatic carbocycles. The van der Waals surface area contributed by atoms with Crippen LogP contribution in [0.2, 0.25) is 0 Å². The Kier molecular flexibility index (Phi) is 6.39. The Bertz CT molecular complexity index is 1030. The summed E-state index contributed by atoms with van der Waals surface area (Å²) in [6.45, 7) is 4.77. The van der Waals surface area contributed by atoms with Crippen LogP contribution in [0.15, 0.2) is 48.5 Å². The first-order valence-electron chi connectivity index (χ1n) is 9.49. The second-order valence-corrected chi connectivity index (χ2v) is 6.64. The zero-order valence-electron chi connectivity index (χ0n) is 16.8. The van der Waals surface area contributed by atoms with E-state index >= 15 is 0 Å². The van der Waals surface area contributed by atoms with Crippen LogP contribution in [0, 0.1) is 6.92 Å². The Morgan fingerprint density at radius 2 is 1.90 bits per heavy atom. The van der Waals surface area contributed by atoms with Crippen molar-refractivity contribution in [2.45, 2.75) is 33.2 Å². The van der Waals surface area contributed by atoms with Gasteiger partial charge in [0.15, 0.2) is 5.82 Å². The lowest BCUT2D eigenvalue weighted by molar-refractivity contribution is -0.116. The fraction of sp³-hybridized carbons (Fsp3) is 0.273. The first kappa shape index (κ1) is 20.3. The number of amides is 1. The molecule has 7 nitrogen and oxygen atoms in total. The van der Waals surface area contributed by atoms with Crippen LogP contribution < -0.4 is 5.32 Å². The summed E-state index contributed by atoms with van der Waals surface area (Å²) in [5, 5.41) is 11.4. The Hall–Kier alpha value is -3.48. The minimum Gasteiger partial charge on any atom is -0.465 e. The molecule has 0 aliphatic rings. The fourth-order valence-electron chi connectivity index (χ4n) is 3.17. The molecule has 1 amide bonds. The number of para-hydroxylation sites is 1. The molecule has 29 heavy (non-hydrogen) atoms. The monoisotopic (exact) mass is 392 g/mol. The van der Waals surface area contributed by atoms with Gasteiger partial charge in [0.1, 0.15) is 5.82 Å². The van der Waals surface area contributed by atoms with Crippen molar-refractivity contribution >= 4 is 17.6 Å². The van der Waals surface area contributed by atoms with Crippen molar-refractivity contribution < 1.29 is 14.3 Å². The molecule has 1 N–H and O–H groups in total. The quantitative estimate of drug-likeness (QED) is 0.621. The summed E-state index contributed by atoms with van der Waals surface area (Å²) >= 11 is 0. The van der Waals surface area contributed by atoms with Crippen LogP contribution in [0.3, 0.4) is 0 Å². The van der Waals surface area contributed by atoms with E-state index in [2.05, 4.69) is 21.6 Å². The number of aryl methyl sites for hydroxylation is 2. The average Bonchev–Trinajstić information content (AvgIpc) is 3.15. The van der Waals surface area contributed by atoms with Gasteiger partial charge in [0.25, 0.3) is 0 Å². The molecule has 0 saturated carbocycles. The maximum atomic E-state index is 12.4. The topological polar surface area (TPSA) is 86.1 Å². The number of ether oxygens (including phenoxy) is 1. The number of carbonyl (C=O) groups is 2. The van der Waals surface area contributed by atoms with E-state index in [1.165, 1.54) is 7.11 Å². The van der Waals surface area contributed by atoms with Crippen molar-refractivity contribution in [2.24, 2.45) is 0 Å². The number of carbonyl (C=O) groups excluding carboxylic acids is 2. The minimum absolute atomic E-state index is 0.205. The molecule has 0 aliphatic carbocycles. The molecule has 0 unspecified atom stereocenters. The van der Waals surface area contributed by atoms with E-state index in [0.717, 1.165) is 22.8 Å². The molecule has 0 saturated heterocycles. The Labute approximate surface area is 169 Å². The molecule has 0 fully saturated rings. The van der Waals surface area contributed by atoms with Crippen molar-refractivity contribution in [2.75, 3.05) is 12.4 Å². The molecule has 1 aromatic heterocycles. The first-order chi connectivity index (χ1) is 14.0. The summed E-state index contributed by atoms with van der Waals surface area (Å²) in [5.41, 5.74) is 2.91. The van der Waals surface area contributed by atoms with Crippen LogP contribution in [0.25, 0.3) is 11.4 Å². The molecular formula is C22H24N4O3. The minimum atomic E-state index is -0.491. The van der Waals surface area contributed by atoms with Crippen molar-refractivity contribution in [3.05, 3.63) is 65.5 Å². The van der Waals surface area contributed by atoms with Crippen LogP contribution in [-0.4, -0.2) is 33.8 Å². The van der Waals surface area contributed by atoms with Crippen LogP contribution in [0.4, 0.5) is 5.69 Å². The number of rotatable bonds is 7. The lowest BCUT2D eigenvalue weighted by Gasteiger charge is -2.10. The second kappa shape index (κ2) is 9.14. The Balaban J connectivity index is 1.71. The molecular weight excluding hydrogens is 368 g/mol. The van der Waals surface area contributed by atoms with E-state index in [-0.39, 0.29) is 12.3 Å². The van der Waals surface area contributed by atoms with Gasteiger partial charge in [0, 0.05) is 24.9 Å². The largest absolute Gasteiger partial charge is 0.465 e. The smallest absolute Gasteiger partial charge is 0.339 e. The number of methoxy groups -OCH3 is 1. The van der Waals surface area contributed by atoms with Gasteiger partial charge < -0.3 is 14.6 Å². The van der Waals surface area contributed by atoms with E-state index < -0.39 is 5.97 Å². The SMILES string of the molecule is CCn1c(CCC(=O)Nc2ccccc2C(=O)OC)nnc1-c1cccc(C)c1. The number of nitrogens with one attached hydrogen (secondary N) is 1. The number of nitrogens with zero attached hydrogens (tertiary/aromatic N) is 3. The summed E-state index contributed by atoms with van der Waals surface area (Å²) in [4.78, 5) is 24.3. The summed E-state index contributed by atoms with van der Waals surface area (Å²) in [6, 6.07) is 14.9. The van der Waals surface area contributed by atoms with Gasteiger partial charge in [0.05, 0.1) is 18.4 Å². The predicted molar refractivity (Wildman–Crippen MR) is 111 cm³/mol. The maximum Gasteiger partial charge on any atom is 0.339 e. The van der Waals surface area contributed by atoms with E-state index in [4.69, 9.17) is 4.74 Å². The number of anilines is 1. The number of benzene rings is 2. The zero-order chi connectivity index (χ0) is 20.8. The lowest BCUT2D eigenvalue weighted by atomic mass is 10.1. The number of aromatic nitrogens is 3. The molecule has 0 bridgehead atoms. The third kappa shape index (κ3) is 4.68. The van der Waals surface area contributed by atoms with Crippen molar-refractivity contribution in [1.82, 2.24) is 14.8 Å². The van der Waals surface area contributed by atoms with Gasteiger partial charge in [-0.15, -0.1) is 10.2 Å². The highest BCUT2D eigenvalue weighted by Gasteiger charge is 2.16. The van der Waals surface area contributed by atoms with Gasteiger partial charge in [-0.05, 0) is 32.0 Å². The van der Waals surface area contributed by atoms with Crippen LogP contribution in [0.1, 0.15) is 35.1 Å². The molecule has 0 atom stereocenters. The number of hydrogen-bond acceptors (Lipinski definition) is 5. The summed E-state index contributed by atoms with van der Waals surface area (Å²) in [5.74, 6) is 0.849. The van der Waals surface area contributed by atoms with E-state index in [1.807, 2.05) is 36.6 Å². The van der Waals surface area contributed by atoms with Gasteiger partial charge in [0.2, 0.25) is 5.91 Å². The van der Waals surface area contributed by atoms with Crippen molar-refractivity contribution in [3.63, 3.8) is 0 Å². The molecule has 7 heteroatoms. The molecule has 3 aromatic rings. The first-order valence-corrected chi connectivity index (χ1v) is 9.49. The fourth-order valence-corrected chi connectivity index (χ4v) is 3.17. The second-order valence-electron chi connectivity index (χ2n) is 6.64. The van der Waals surface area contributed by atoms with Gasteiger partial charge in [-0.2, -0.15) is 0 Å². The van der Waals surface area contributed by atoms with E-state index in [9.17, 15) is 9.59 Å². The summed E-state index contributed by atoms with van der Waals surface area (Å²) < 4.78 is 6.78. The van der Waals surface area contributed by atoms with Gasteiger partial charge in [-0.25, -0.2) is 4.79 Å². The van der Waals surface area contributed by atoms with Crippen LogP contribution in [-0.2, 0) is 22.5 Å². The van der Waals surface area contributed by atoms with E-state index in [0.29, 0.717) is 24.2 Å². The third-order valence-corrected chi connectivity index (χ3v) is 4.60. The van der Waals surface area contributed by atoms with Gasteiger partial charge in [-0.1, -0.05) is 35.9 Å². The lowest BCUT2D eigenvalue weighted by Crippen LogP contribution is -2.16. The zero-order valence-corrected chi connectivity index (χ0v) is 16.8. The number of hydrogen-bond donors (Lipinski definition) is 1. The summed E-state index contributed by atoms with van der Waals surface area (Å²) in [7, 11) is 1.31. The van der Waals surface area contributed by atoms with Crippen LogP contribution in [0.5, 0.6) is 0 Å². The molecule has 150 valence electrons. The van der Waals surface area contributed by atoms with Crippen LogP contribution >= 0.6 is 0 Å². The standard InChI is InChI=1S/C22H24N4O3/c1-4-26-19(24-25-21(26)16-9-7-8-15(2)14-16)12-13-20(27)23-18-11-6-5-10-17(18)22(28)29-3/h5-11,14H,4,12-13H2,1-3H3,(H,23,27). The number of esters is 1. The van der Waals surface area contributed by atoms with Crippen molar-refractivity contribution in [1.29, 1.82) is 0 Å². The highest BCUT2D eigenvalue weighted by molar-refractivity contribution is 6.01. The van der Waals surface area contributed by atoms with Crippen molar-refractivity contribution in [3.8, 4) is 11.4 Å². The molecule has 0 radical (unpaired) electrons. The highest BCUT2D eigenvalue weighted by atomic mass is 16.5. The maximum absolute atomic E-state index is 12.4. The van der Waals surface area contributed by atoms with Gasteiger partial charge >= 0.3 is 5.97 Å². The Morgan fingerprint density at radius 3 is 2.62 bits per heavy atom.